The fraction of sp³-hybridized carbons (Fsp3) is 0.500. The van der Waals surface area contributed by atoms with Gasteiger partial charge in [-0.15, -0.1) is 0 Å². The minimum absolute atomic E-state index is 0.151. The maximum atomic E-state index is 12.1. The quantitative estimate of drug-likeness (QED) is 0.862. The van der Waals surface area contributed by atoms with Crippen molar-refractivity contribution >= 4 is 27.7 Å². The van der Waals surface area contributed by atoms with Crippen molar-refractivity contribution < 1.29 is 4.79 Å². The molecule has 0 radical (unpaired) electrons. The van der Waals surface area contributed by atoms with Crippen LogP contribution in [0.3, 0.4) is 0 Å². The van der Waals surface area contributed by atoms with E-state index in [-0.39, 0.29) is 17.8 Å². The highest BCUT2D eigenvalue weighted by Crippen LogP contribution is 2.16. The van der Waals surface area contributed by atoms with Gasteiger partial charge in [0.05, 0.1) is 5.56 Å². The number of piperidine rings is 1. The number of pyridine rings is 1. The topological polar surface area (TPSA) is 71.2 Å². The number of nitrogens with one attached hydrogen (secondary N) is 1. The Kier molecular flexibility index (Phi) is 4.19. The molecule has 0 bridgehead atoms. The van der Waals surface area contributed by atoms with Gasteiger partial charge in [0.2, 0.25) is 0 Å². The number of nitrogens with two attached hydrogens (primary N) is 1. The van der Waals surface area contributed by atoms with E-state index in [9.17, 15) is 4.79 Å². The summed E-state index contributed by atoms with van der Waals surface area (Å²) in [5.74, 6) is 0.112. The average Bonchev–Trinajstić information content (AvgIpc) is 2.32. The minimum Gasteiger partial charge on any atom is -0.383 e. The standard InChI is InChI=1S/C12H17BrN4O/c1-17-4-2-3-9(7-17)16-12(18)10-5-8(13)6-15-11(10)14/h5-6,9H,2-4,7H2,1H3,(H2,14,15)(H,16,18). The summed E-state index contributed by atoms with van der Waals surface area (Å²) in [6.45, 7) is 1.97. The smallest absolute Gasteiger partial charge is 0.255 e. The SMILES string of the molecule is CN1CCCC(NC(=O)c2cc(Br)cnc2N)C1. The van der Waals surface area contributed by atoms with Crippen molar-refractivity contribution in [1.29, 1.82) is 0 Å². The van der Waals surface area contributed by atoms with E-state index >= 15 is 0 Å². The van der Waals surface area contributed by atoms with Crippen molar-refractivity contribution in [2.24, 2.45) is 0 Å². The molecule has 1 unspecified atom stereocenters. The molecule has 3 N–H and O–H groups in total. The fourth-order valence-corrected chi connectivity index (χ4v) is 2.51. The van der Waals surface area contributed by atoms with Gasteiger partial charge in [0.25, 0.3) is 5.91 Å². The molecule has 1 aliphatic rings. The number of nitrogens with zero attached hydrogens (tertiary/aromatic N) is 2. The Morgan fingerprint density at radius 3 is 3.17 bits per heavy atom. The Hall–Kier alpha value is -1.14. The third kappa shape index (κ3) is 3.20. The molecule has 1 aromatic heterocycles. The maximum Gasteiger partial charge on any atom is 0.255 e. The van der Waals surface area contributed by atoms with Gasteiger partial charge in [0, 0.05) is 23.3 Å². The normalized spacial score (nSPS) is 20.7. The Morgan fingerprint density at radius 1 is 1.67 bits per heavy atom. The van der Waals surface area contributed by atoms with Crippen molar-refractivity contribution in [2.75, 3.05) is 25.9 Å². The summed E-state index contributed by atoms with van der Waals surface area (Å²) in [4.78, 5) is 18.3. The molecule has 2 rings (SSSR count). The molecule has 5 nitrogen and oxygen atoms in total. The number of carbonyl (C=O) groups excluding carboxylic acids is 1. The molecule has 1 amide bonds. The lowest BCUT2D eigenvalue weighted by Crippen LogP contribution is -2.46. The lowest BCUT2D eigenvalue weighted by molar-refractivity contribution is 0.0913. The third-order valence-electron chi connectivity index (χ3n) is 3.09. The minimum atomic E-state index is -0.151. The highest BCUT2D eigenvalue weighted by molar-refractivity contribution is 9.10. The van der Waals surface area contributed by atoms with Gasteiger partial charge in [-0.2, -0.15) is 0 Å². The van der Waals surface area contributed by atoms with E-state index in [1.165, 1.54) is 0 Å². The van der Waals surface area contributed by atoms with Crippen LogP contribution in [0.5, 0.6) is 0 Å². The van der Waals surface area contributed by atoms with Gasteiger partial charge < -0.3 is 16.0 Å². The molecule has 1 fully saturated rings. The fourth-order valence-electron chi connectivity index (χ4n) is 2.18. The molecule has 1 aliphatic heterocycles. The first-order chi connectivity index (χ1) is 8.56. The number of nitrogen functional groups attached to an aromatic ring is 1. The molecule has 1 aromatic rings. The molecular formula is C12H17BrN4O. The monoisotopic (exact) mass is 312 g/mol. The van der Waals surface area contributed by atoms with Gasteiger partial charge in [0.15, 0.2) is 0 Å². The molecule has 0 spiro atoms. The van der Waals surface area contributed by atoms with Crippen LogP contribution in [0.25, 0.3) is 0 Å². The van der Waals surface area contributed by atoms with E-state index < -0.39 is 0 Å². The molecule has 2 heterocycles. The summed E-state index contributed by atoms with van der Waals surface area (Å²) >= 11 is 3.29. The summed E-state index contributed by atoms with van der Waals surface area (Å²) in [5.41, 5.74) is 6.15. The summed E-state index contributed by atoms with van der Waals surface area (Å²) in [7, 11) is 2.06. The second-order valence-corrected chi connectivity index (χ2v) is 5.58. The molecule has 1 saturated heterocycles. The maximum absolute atomic E-state index is 12.1. The highest BCUT2D eigenvalue weighted by atomic mass is 79.9. The largest absolute Gasteiger partial charge is 0.383 e. The van der Waals surface area contributed by atoms with Crippen LogP contribution in [-0.4, -0.2) is 42.0 Å². The first-order valence-corrected chi connectivity index (χ1v) is 6.76. The van der Waals surface area contributed by atoms with Crippen LogP contribution >= 0.6 is 15.9 Å². The number of halogens is 1. The Balaban J connectivity index is 2.05. The summed E-state index contributed by atoms with van der Waals surface area (Å²) in [5, 5.41) is 3.01. The highest BCUT2D eigenvalue weighted by Gasteiger charge is 2.20. The second-order valence-electron chi connectivity index (χ2n) is 4.66. The summed E-state index contributed by atoms with van der Waals surface area (Å²) in [6.07, 6.45) is 3.70. The van der Waals surface area contributed by atoms with Gasteiger partial charge in [-0.25, -0.2) is 4.98 Å². The number of carbonyl (C=O) groups is 1. The van der Waals surface area contributed by atoms with E-state index in [1.54, 1.807) is 12.3 Å². The molecule has 0 saturated carbocycles. The summed E-state index contributed by atoms with van der Waals surface area (Å²) < 4.78 is 0.752. The van der Waals surface area contributed by atoms with Crippen LogP contribution in [0.4, 0.5) is 5.82 Å². The van der Waals surface area contributed by atoms with Crippen molar-refractivity contribution in [2.45, 2.75) is 18.9 Å². The predicted molar refractivity (Wildman–Crippen MR) is 74.3 cm³/mol. The van der Waals surface area contributed by atoms with Crippen molar-refractivity contribution in [3.8, 4) is 0 Å². The van der Waals surface area contributed by atoms with Crippen LogP contribution in [-0.2, 0) is 0 Å². The zero-order chi connectivity index (χ0) is 13.1. The molecule has 0 aliphatic carbocycles. The average molecular weight is 313 g/mol. The molecular weight excluding hydrogens is 296 g/mol. The van der Waals surface area contributed by atoms with Crippen LogP contribution in [0.2, 0.25) is 0 Å². The molecule has 0 aromatic carbocycles. The van der Waals surface area contributed by atoms with E-state index in [1.807, 2.05) is 0 Å². The molecule has 18 heavy (non-hydrogen) atoms. The zero-order valence-corrected chi connectivity index (χ0v) is 11.9. The first-order valence-electron chi connectivity index (χ1n) is 5.96. The molecule has 6 heteroatoms. The lowest BCUT2D eigenvalue weighted by Gasteiger charge is -2.30. The van der Waals surface area contributed by atoms with Gasteiger partial charge in [-0.05, 0) is 48.4 Å². The number of amides is 1. The molecule has 98 valence electrons. The van der Waals surface area contributed by atoms with Gasteiger partial charge >= 0.3 is 0 Å². The van der Waals surface area contributed by atoms with E-state index in [0.717, 1.165) is 30.4 Å². The van der Waals surface area contributed by atoms with Crippen LogP contribution in [0.15, 0.2) is 16.7 Å². The zero-order valence-electron chi connectivity index (χ0n) is 10.3. The van der Waals surface area contributed by atoms with E-state index in [4.69, 9.17) is 5.73 Å². The van der Waals surface area contributed by atoms with Crippen LogP contribution in [0, 0.1) is 0 Å². The molecule has 1 atom stereocenters. The first kappa shape index (κ1) is 13.3. The number of aromatic nitrogens is 1. The van der Waals surface area contributed by atoms with Crippen molar-refractivity contribution in [3.05, 3.63) is 22.3 Å². The second kappa shape index (κ2) is 5.67. The predicted octanol–water partition coefficient (Wildman–Crippen LogP) is 1.25. The number of anilines is 1. The number of likely N-dealkylation sites (tertiary alicyclic amines) is 1. The number of hydrogen-bond donors (Lipinski definition) is 2. The Labute approximate surface area is 115 Å². The Morgan fingerprint density at radius 2 is 2.44 bits per heavy atom. The number of hydrogen-bond acceptors (Lipinski definition) is 4. The number of rotatable bonds is 2. The third-order valence-corrected chi connectivity index (χ3v) is 3.52. The van der Waals surface area contributed by atoms with Gasteiger partial charge in [0.1, 0.15) is 5.82 Å². The number of likely N-dealkylation sites (N-methyl/N-ethyl adjacent to an activating group) is 1. The van der Waals surface area contributed by atoms with Crippen LogP contribution in [0.1, 0.15) is 23.2 Å². The van der Waals surface area contributed by atoms with E-state index in [2.05, 4.69) is 38.2 Å². The van der Waals surface area contributed by atoms with Crippen molar-refractivity contribution in [1.82, 2.24) is 15.2 Å². The van der Waals surface area contributed by atoms with Crippen molar-refractivity contribution in [3.63, 3.8) is 0 Å². The lowest BCUT2D eigenvalue weighted by atomic mass is 10.1. The van der Waals surface area contributed by atoms with Crippen LogP contribution < -0.4 is 11.1 Å². The van der Waals surface area contributed by atoms with E-state index in [0.29, 0.717) is 5.56 Å². The summed E-state index contributed by atoms with van der Waals surface area (Å²) in [6, 6.07) is 1.89. The van der Waals surface area contributed by atoms with Gasteiger partial charge in [-0.3, -0.25) is 4.79 Å². The Bertz CT molecular complexity index is 452. The van der Waals surface area contributed by atoms with Gasteiger partial charge in [-0.1, -0.05) is 0 Å².